The minimum atomic E-state index is -0.936. The molecule has 0 rings (SSSR count). The summed E-state index contributed by atoms with van der Waals surface area (Å²) in [5, 5.41) is 8.41. The van der Waals surface area contributed by atoms with Gasteiger partial charge in [0.1, 0.15) is 6.29 Å². The third-order valence-electron chi connectivity index (χ3n) is 1.17. The van der Waals surface area contributed by atoms with Crippen molar-refractivity contribution in [3.63, 3.8) is 0 Å². The largest absolute Gasteiger partial charge is 0.481 e. The van der Waals surface area contributed by atoms with Crippen molar-refractivity contribution in [2.45, 2.75) is 20.3 Å². The number of carboxylic acids is 1. The first-order chi connectivity index (χ1) is 4.00. The van der Waals surface area contributed by atoms with Gasteiger partial charge in [0, 0.05) is 6.42 Å². The van der Waals surface area contributed by atoms with E-state index in [0.717, 1.165) is 0 Å². The molecule has 0 aromatic rings. The molecule has 0 bridgehead atoms. The molecule has 0 spiro atoms. The third-order valence-corrected chi connectivity index (χ3v) is 1.17. The molecule has 0 amide bonds. The summed E-state index contributed by atoms with van der Waals surface area (Å²) in [6.07, 6.45) is 0.691. The van der Waals surface area contributed by atoms with Crippen LogP contribution in [0.25, 0.3) is 0 Å². The Morgan fingerprint density at radius 2 is 2.11 bits per heavy atom. The average molecular weight is 130 g/mol. The lowest BCUT2D eigenvalue weighted by Gasteiger charge is -2.13. The Hall–Kier alpha value is -0.860. The van der Waals surface area contributed by atoms with Crippen LogP contribution in [0.15, 0.2) is 0 Å². The number of carbonyl (C=O) groups excluding carboxylic acids is 1. The van der Waals surface area contributed by atoms with Crippen molar-refractivity contribution in [3.05, 3.63) is 0 Å². The Labute approximate surface area is 53.7 Å². The highest BCUT2D eigenvalue weighted by atomic mass is 16.4. The van der Waals surface area contributed by atoms with Gasteiger partial charge >= 0.3 is 5.97 Å². The van der Waals surface area contributed by atoms with Gasteiger partial charge in [-0.25, -0.2) is 0 Å². The quantitative estimate of drug-likeness (QED) is 0.572. The first-order valence-electron chi connectivity index (χ1n) is 2.68. The van der Waals surface area contributed by atoms with Crippen molar-refractivity contribution in [2.24, 2.45) is 5.41 Å². The summed E-state index contributed by atoms with van der Waals surface area (Å²) in [6, 6.07) is 0. The zero-order valence-electron chi connectivity index (χ0n) is 5.55. The fourth-order valence-corrected chi connectivity index (χ4v) is 0.296. The maximum absolute atomic E-state index is 10.3. The second-order valence-corrected chi connectivity index (χ2v) is 2.56. The van der Waals surface area contributed by atoms with Crippen LogP contribution in [0.4, 0.5) is 0 Å². The smallest absolute Gasteiger partial charge is 0.309 e. The van der Waals surface area contributed by atoms with E-state index < -0.39 is 11.4 Å². The molecule has 0 aliphatic heterocycles. The monoisotopic (exact) mass is 130 g/mol. The van der Waals surface area contributed by atoms with Crippen molar-refractivity contribution < 1.29 is 14.7 Å². The van der Waals surface area contributed by atoms with Gasteiger partial charge in [-0.1, -0.05) is 0 Å². The second kappa shape index (κ2) is 2.62. The van der Waals surface area contributed by atoms with Crippen LogP contribution in [-0.2, 0) is 9.59 Å². The van der Waals surface area contributed by atoms with Gasteiger partial charge in [-0.15, -0.1) is 0 Å². The molecule has 0 aromatic heterocycles. The summed E-state index contributed by atoms with van der Waals surface area (Å²) in [5.74, 6) is -0.936. The number of aliphatic carboxylic acids is 1. The zero-order chi connectivity index (χ0) is 7.49. The molecule has 0 radical (unpaired) electrons. The van der Waals surface area contributed by atoms with Crippen LogP contribution < -0.4 is 0 Å². The zero-order valence-corrected chi connectivity index (χ0v) is 5.55. The van der Waals surface area contributed by atoms with E-state index in [-0.39, 0.29) is 6.42 Å². The number of hydrogen-bond acceptors (Lipinski definition) is 2. The highest BCUT2D eigenvalue weighted by molar-refractivity contribution is 5.76. The fraction of sp³-hybridized carbons (Fsp3) is 0.667. The lowest BCUT2D eigenvalue weighted by molar-refractivity contribution is -0.148. The third kappa shape index (κ3) is 2.26. The molecule has 9 heavy (non-hydrogen) atoms. The van der Waals surface area contributed by atoms with Gasteiger partial charge in [0.25, 0.3) is 0 Å². The van der Waals surface area contributed by atoms with Crippen molar-refractivity contribution in [3.8, 4) is 0 Å². The molecule has 0 aromatic carbocycles. The lowest BCUT2D eigenvalue weighted by atomic mass is 9.91. The number of carbonyl (C=O) groups is 2. The van der Waals surface area contributed by atoms with Gasteiger partial charge in [-0.3, -0.25) is 4.79 Å². The topological polar surface area (TPSA) is 54.4 Å². The predicted octanol–water partition coefficient (Wildman–Crippen LogP) is 0.686. The molecular weight excluding hydrogens is 120 g/mol. The summed E-state index contributed by atoms with van der Waals surface area (Å²) >= 11 is 0. The highest BCUT2D eigenvalue weighted by Crippen LogP contribution is 2.17. The van der Waals surface area contributed by atoms with Crippen LogP contribution in [0.3, 0.4) is 0 Å². The molecule has 0 fully saturated rings. The Bertz CT molecular complexity index is 126. The average Bonchev–Trinajstić information content (AvgIpc) is 1.65. The van der Waals surface area contributed by atoms with Gasteiger partial charge < -0.3 is 9.90 Å². The first kappa shape index (κ1) is 8.14. The number of carboxylic acid groups (broad SMARTS) is 1. The Morgan fingerprint density at radius 1 is 1.67 bits per heavy atom. The van der Waals surface area contributed by atoms with Gasteiger partial charge in [-0.05, 0) is 13.8 Å². The van der Waals surface area contributed by atoms with E-state index in [1.54, 1.807) is 0 Å². The molecular formula is C6H10O3. The van der Waals surface area contributed by atoms with E-state index in [0.29, 0.717) is 6.29 Å². The molecule has 0 saturated carbocycles. The molecule has 0 atom stereocenters. The van der Waals surface area contributed by atoms with Crippen LogP contribution in [0.1, 0.15) is 20.3 Å². The summed E-state index contributed by atoms with van der Waals surface area (Å²) in [6.45, 7) is 3.04. The van der Waals surface area contributed by atoms with E-state index in [1.807, 2.05) is 0 Å². The first-order valence-corrected chi connectivity index (χ1v) is 2.68. The van der Waals surface area contributed by atoms with E-state index in [2.05, 4.69) is 0 Å². The van der Waals surface area contributed by atoms with Crippen LogP contribution in [0, 0.1) is 5.41 Å². The number of rotatable bonds is 3. The number of hydrogen-bond donors (Lipinski definition) is 1. The molecule has 52 valence electrons. The fourth-order valence-electron chi connectivity index (χ4n) is 0.296. The Morgan fingerprint density at radius 3 is 2.22 bits per heavy atom. The normalized spacial score (nSPS) is 10.9. The van der Waals surface area contributed by atoms with Crippen molar-refractivity contribution >= 4 is 12.3 Å². The summed E-state index contributed by atoms with van der Waals surface area (Å²) in [7, 11) is 0. The van der Waals surface area contributed by atoms with Crippen LogP contribution in [0.2, 0.25) is 0 Å². The van der Waals surface area contributed by atoms with Gasteiger partial charge in [0.15, 0.2) is 0 Å². The Balaban J connectivity index is 4.00. The molecule has 1 N–H and O–H groups in total. The summed E-state index contributed by atoms with van der Waals surface area (Å²) < 4.78 is 0. The van der Waals surface area contributed by atoms with Crippen LogP contribution in [-0.4, -0.2) is 17.4 Å². The van der Waals surface area contributed by atoms with E-state index in [1.165, 1.54) is 13.8 Å². The minimum absolute atomic E-state index is 0.0718. The summed E-state index contributed by atoms with van der Waals surface area (Å²) in [5.41, 5.74) is -0.901. The van der Waals surface area contributed by atoms with Crippen molar-refractivity contribution in [1.29, 1.82) is 0 Å². The maximum atomic E-state index is 10.3. The lowest BCUT2D eigenvalue weighted by Crippen LogP contribution is -2.23. The molecule has 0 aliphatic carbocycles. The Kier molecular flexibility index (Phi) is 2.37. The molecule has 3 heteroatoms. The van der Waals surface area contributed by atoms with Gasteiger partial charge in [0.05, 0.1) is 5.41 Å². The predicted molar refractivity (Wildman–Crippen MR) is 32.1 cm³/mol. The SMILES string of the molecule is CC(C)(CC=O)C(=O)O. The number of aldehydes is 1. The van der Waals surface area contributed by atoms with Gasteiger partial charge in [0.2, 0.25) is 0 Å². The van der Waals surface area contributed by atoms with E-state index >= 15 is 0 Å². The van der Waals surface area contributed by atoms with Crippen LogP contribution in [0.5, 0.6) is 0 Å². The van der Waals surface area contributed by atoms with Crippen molar-refractivity contribution in [2.75, 3.05) is 0 Å². The summed E-state index contributed by atoms with van der Waals surface area (Å²) in [4.78, 5) is 20.1. The molecule has 0 aliphatic rings. The maximum Gasteiger partial charge on any atom is 0.309 e. The molecule has 0 heterocycles. The van der Waals surface area contributed by atoms with Gasteiger partial charge in [-0.2, -0.15) is 0 Å². The van der Waals surface area contributed by atoms with E-state index in [9.17, 15) is 9.59 Å². The highest BCUT2D eigenvalue weighted by Gasteiger charge is 2.25. The minimum Gasteiger partial charge on any atom is -0.481 e. The van der Waals surface area contributed by atoms with Crippen molar-refractivity contribution in [1.82, 2.24) is 0 Å². The van der Waals surface area contributed by atoms with Crippen LogP contribution >= 0.6 is 0 Å². The molecule has 0 saturated heterocycles. The second-order valence-electron chi connectivity index (χ2n) is 2.56. The molecule has 3 nitrogen and oxygen atoms in total. The standard InChI is InChI=1S/C6H10O3/c1-6(2,3-4-7)5(8)9/h4H,3H2,1-2H3,(H,8,9). The van der Waals surface area contributed by atoms with E-state index in [4.69, 9.17) is 5.11 Å². The molecule has 0 unspecified atom stereocenters.